The minimum Gasteiger partial charge on any atom is -0.457 e. The first kappa shape index (κ1) is 36.5. The summed E-state index contributed by atoms with van der Waals surface area (Å²) in [6.07, 6.45) is 0. The van der Waals surface area contributed by atoms with Gasteiger partial charge in [0.25, 0.3) is 0 Å². The Morgan fingerprint density at radius 2 is 0.730 bits per heavy atom. The van der Waals surface area contributed by atoms with Gasteiger partial charge in [0.05, 0.1) is 16.8 Å². The van der Waals surface area contributed by atoms with Crippen molar-refractivity contribution in [2.24, 2.45) is 0 Å². The van der Waals surface area contributed by atoms with Crippen molar-refractivity contribution in [3.63, 3.8) is 0 Å². The highest BCUT2D eigenvalue weighted by molar-refractivity contribution is 5.91. The van der Waals surface area contributed by atoms with Gasteiger partial charge in [-0.25, -0.2) is 24.9 Å². The third kappa shape index (κ3) is 5.91. The molecule has 6 heteroatoms. The Morgan fingerprint density at radius 1 is 0.317 bits per heavy atom. The van der Waals surface area contributed by atoms with Crippen LogP contribution in [-0.4, -0.2) is 24.9 Å². The summed E-state index contributed by atoms with van der Waals surface area (Å²) in [5.74, 6) is 4.09. The molecule has 1 spiro atoms. The van der Waals surface area contributed by atoms with E-state index in [0.29, 0.717) is 23.3 Å². The summed E-state index contributed by atoms with van der Waals surface area (Å²) in [7, 11) is 0. The van der Waals surface area contributed by atoms with Crippen LogP contribution in [0.25, 0.3) is 79.2 Å². The van der Waals surface area contributed by atoms with Gasteiger partial charge in [0.2, 0.25) is 0 Å². The summed E-state index contributed by atoms with van der Waals surface area (Å²) in [5.41, 5.74) is 14.7. The zero-order chi connectivity index (χ0) is 41.9. The quantitative estimate of drug-likeness (QED) is 0.167. The van der Waals surface area contributed by atoms with E-state index in [0.717, 1.165) is 84.1 Å². The number of nitrogens with zero attached hydrogens (tertiary/aromatic N) is 5. The Hall–Kier alpha value is -8.35. The molecule has 3 heterocycles. The van der Waals surface area contributed by atoms with Crippen LogP contribution in [0.3, 0.4) is 0 Å². The molecular weight excluding hydrogens is 771 g/mol. The van der Waals surface area contributed by atoms with Crippen LogP contribution in [0.4, 0.5) is 0 Å². The van der Waals surface area contributed by atoms with Crippen molar-refractivity contribution in [3.8, 4) is 90.7 Å². The van der Waals surface area contributed by atoms with Gasteiger partial charge in [0, 0.05) is 50.1 Å². The maximum absolute atomic E-state index is 6.93. The summed E-state index contributed by atoms with van der Waals surface area (Å²) < 4.78 is 6.93. The summed E-state index contributed by atoms with van der Waals surface area (Å²) in [4.78, 5) is 25.7. The van der Waals surface area contributed by atoms with Gasteiger partial charge in [0.15, 0.2) is 23.3 Å². The molecule has 12 rings (SSSR count). The molecule has 63 heavy (non-hydrogen) atoms. The molecule has 6 nitrogen and oxygen atoms in total. The minimum absolute atomic E-state index is 0.615. The van der Waals surface area contributed by atoms with E-state index in [1.165, 1.54) is 11.1 Å². The van der Waals surface area contributed by atoms with Crippen LogP contribution in [-0.2, 0) is 5.41 Å². The molecule has 0 saturated carbocycles. The number of para-hydroxylation sites is 1. The predicted molar refractivity (Wildman–Crippen MR) is 250 cm³/mol. The van der Waals surface area contributed by atoms with E-state index in [-0.39, 0.29) is 0 Å². The molecule has 10 aromatic rings. The van der Waals surface area contributed by atoms with E-state index in [1.807, 2.05) is 78.9 Å². The SMILES string of the molecule is Cc1c(-c2ccccc2)nc(-c2ccc3c(c2)Oc2ccccc2C32c3ccccc3-c3cc(-c4nc(-c5ccccc5)nc(-c5ccccc5)n4)ccc32)nc1-c1ccccc1. The first-order valence-corrected chi connectivity index (χ1v) is 21.2. The first-order valence-electron chi connectivity index (χ1n) is 21.2. The molecular formula is C57H37N5O. The minimum atomic E-state index is -0.671. The highest BCUT2D eigenvalue weighted by Crippen LogP contribution is 2.62. The number of hydrogen-bond donors (Lipinski definition) is 0. The smallest absolute Gasteiger partial charge is 0.164 e. The van der Waals surface area contributed by atoms with Crippen LogP contribution in [0.15, 0.2) is 206 Å². The molecule has 1 aliphatic heterocycles. The van der Waals surface area contributed by atoms with Crippen molar-refractivity contribution in [1.29, 1.82) is 0 Å². The zero-order valence-electron chi connectivity index (χ0n) is 34.3. The molecule has 0 N–H and O–H groups in total. The van der Waals surface area contributed by atoms with Gasteiger partial charge in [-0.1, -0.05) is 188 Å². The van der Waals surface area contributed by atoms with Gasteiger partial charge in [0.1, 0.15) is 11.5 Å². The standard InChI is InChI=1S/C57H37N5O/c1-36-51(37-18-6-2-7-19-37)58-55(59-52(36)38-20-8-3-9-21-38)42-31-33-48-50(35-42)63-49-29-17-16-28-47(49)57(48)45-27-15-14-26-43(45)44-34-41(30-32-46(44)57)56-61-53(39-22-10-4-11-23-39)60-54(62-56)40-24-12-5-13-25-40/h2-35H,1H3. The van der Waals surface area contributed by atoms with E-state index in [2.05, 4.69) is 134 Å². The molecule has 0 amide bonds. The topological polar surface area (TPSA) is 73.7 Å². The van der Waals surface area contributed by atoms with Crippen molar-refractivity contribution < 1.29 is 4.74 Å². The second-order valence-electron chi connectivity index (χ2n) is 16.0. The lowest BCUT2D eigenvalue weighted by Gasteiger charge is -2.39. The second kappa shape index (κ2) is 14.7. The fraction of sp³-hybridized carbons (Fsp3) is 0.0351. The van der Waals surface area contributed by atoms with Crippen molar-refractivity contribution in [1.82, 2.24) is 24.9 Å². The molecule has 2 aliphatic rings. The van der Waals surface area contributed by atoms with Gasteiger partial charge in [-0.2, -0.15) is 0 Å². The molecule has 1 aliphatic carbocycles. The summed E-state index contributed by atoms with van der Waals surface area (Å²) in [6.45, 7) is 2.11. The molecule has 8 aromatic carbocycles. The van der Waals surface area contributed by atoms with Gasteiger partial charge < -0.3 is 4.74 Å². The normalized spacial score (nSPS) is 14.3. The molecule has 2 aromatic heterocycles. The van der Waals surface area contributed by atoms with Crippen LogP contribution < -0.4 is 4.74 Å². The molecule has 0 bridgehead atoms. The Labute approximate surface area is 365 Å². The third-order valence-corrected chi connectivity index (χ3v) is 12.4. The number of benzene rings is 8. The number of ether oxygens (including phenoxy) is 1. The van der Waals surface area contributed by atoms with Crippen molar-refractivity contribution >= 4 is 0 Å². The number of aromatic nitrogens is 5. The lowest BCUT2D eigenvalue weighted by atomic mass is 9.66. The van der Waals surface area contributed by atoms with Crippen LogP contribution in [0, 0.1) is 6.92 Å². The van der Waals surface area contributed by atoms with Gasteiger partial charge >= 0.3 is 0 Å². The molecule has 296 valence electrons. The number of rotatable bonds is 6. The Morgan fingerprint density at radius 3 is 1.32 bits per heavy atom. The number of fused-ring (bicyclic) bond motifs is 9. The number of hydrogen-bond acceptors (Lipinski definition) is 6. The highest BCUT2D eigenvalue weighted by atomic mass is 16.5. The maximum atomic E-state index is 6.93. The fourth-order valence-electron chi connectivity index (χ4n) is 9.53. The van der Waals surface area contributed by atoms with Gasteiger partial charge in [-0.15, -0.1) is 0 Å². The monoisotopic (exact) mass is 807 g/mol. The summed E-state index contributed by atoms with van der Waals surface area (Å²) in [6, 6.07) is 71.3. The lowest BCUT2D eigenvalue weighted by Crippen LogP contribution is -2.32. The molecule has 0 radical (unpaired) electrons. The van der Waals surface area contributed by atoms with E-state index in [9.17, 15) is 0 Å². The predicted octanol–water partition coefficient (Wildman–Crippen LogP) is 13.4. The summed E-state index contributed by atoms with van der Waals surface area (Å²) >= 11 is 0. The van der Waals surface area contributed by atoms with Gasteiger partial charge in [-0.05, 0) is 47.4 Å². The van der Waals surface area contributed by atoms with Gasteiger partial charge in [-0.3, -0.25) is 0 Å². The average Bonchev–Trinajstić information content (AvgIpc) is 3.64. The van der Waals surface area contributed by atoms with Crippen LogP contribution in [0.2, 0.25) is 0 Å². The highest BCUT2D eigenvalue weighted by Gasteiger charge is 2.51. The average molecular weight is 808 g/mol. The van der Waals surface area contributed by atoms with E-state index >= 15 is 0 Å². The van der Waals surface area contributed by atoms with Crippen LogP contribution >= 0.6 is 0 Å². The Balaban J connectivity index is 1.05. The molecule has 0 saturated heterocycles. The van der Waals surface area contributed by atoms with Crippen LogP contribution in [0.5, 0.6) is 11.5 Å². The van der Waals surface area contributed by atoms with Crippen molar-refractivity contribution in [3.05, 3.63) is 234 Å². The molecule has 1 unspecified atom stereocenters. The Kier molecular flexibility index (Phi) is 8.50. The lowest BCUT2D eigenvalue weighted by molar-refractivity contribution is 0.436. The summed E-state index contributed by atoms with van der Waals surface area (Å²) in [5, 5.41) is 0. The van der Waals surface area contributed by atoms with E-state index in [1.54, 1.807) is 0 Å². The van der Waals surface area contributed by atoms with Crippen molar-refractivity contribution in [2.45, 2.75) is 12.3 Å². The van der Waals surface area contributed by atoms with Crippen LogP contribution in [0.1, 0.15) is 27.8 Å². The second-order valence-corrected chi connectivity index (χ2v) is 16.0. The third-order valence-electron chi connectivity index (χ3n) is 12.4. The molecule has 0 fully saturated rings. The van der Waals surface area contributed by atoms with Crippen molar-refractivity contribution in [2.75, 3.05) is 0 Å². The largest absolute Gasteiger partial charge is 0.457 e. The fourth-order valence-corrected chi connectivity index (χ4v) is 9.53. The maximum Gasteiger partial charge on any atom is 0.164 e. The Bertz CT molecular complexity index is 3260. The first-order chi connectivity index (χ1) is 31.1. The molecule has 1 atom stereocenters. The van der Waals surface area contributed by atoms with E-state index in [4.69, 9.17) is 29.7 Å². The van der Waals surface area contributed by atoms with E-state index < -0.39 is 5.41 Å². The zero-order valence-corrected chi connectivity index (χ0v) is 34.3.